The van der Waals surface area contributed by atoms with Crippen molar-refractivity contribution in [1.82, 2.24) is 15.5 Å². The molecule has 116 valence electrons. The molecule has 1 heterocycles. The molecule has 1 unspecified atom stereocenters. The summed E-state index contributed by atoms with van der Waals surface area (Å²) in [5.41, 5.74) is 0. The summed E-state index contributed by atoms with van der Waals surface area (Å²) in [6.45, 7) is 3.82. The first-order valence-corrected chi connectivity index (χ1v) is 6.58. The van der Waals surface area contributed by atoms with Gasteiger partial charge in [-0.1, -0.05) is 6.92 Å². The molecule has 1 atom stereocenters. The van der Waals surface area contributed by atoms with E-state index in [4.69, 9.17) is 0 Å². The molecule has 8 heteroatoms. The van der Waals surface area contributed by atoms with Crippen molar-refractivity contribution in [1.29, 1.82) is 0 Å². The first-order chi connectivity index (χ1) is 9.19. The number of likely N-dealkylation sites (tertiary alicyclic amines) is 1. The Morgan fingerprint density at radius 1 is 1.30 bits per heavy atom. The first-order valence-electron chi connectivity index (χ1n) is 6.58. The number of urea groups is 1. The summed E-state index contributed by atoms with van der Waals surface area (Å²) < 4.78 is 35.7. The zero-order valence-corrected chi connectivity index (χ0v) is 11.6. The monoisotopic (exact) mass is 295 g/mol. The predicted molar refractivity (Wildman–Crippen MR) is 67.0 cm³/mol. The number of piperidine rings is 1. The predicted octanol–water partition coefficient (Wildman–Crippen LogP) is 1.49. The maximum Gasteiger partial charge on any atom is 0.405 e. The smallest absolute Gasteiger partial charge is 0.329 e. The Labute approximate surface area is 115 Å². The van der Waals surface area contributed by atoms with Gasteiger partial charge in [0, 0.05) is 0 Å². The summed E-state index contributed by atoms with van der Waals surface area (Å²) in [5, 5.41) is 3.53. The number of alkyl halides is 3. The van der Waals surface area contributed by atoms with Crippen LogP contribution in [-0.2, 0) is 4.79 Å². The van der Waals surface area contributed by atoms with Gasteiger partial charge >= 0.3 is 12.2 Å². The molecule has 1 saturated heterocycles. The van der Waals surface area contributed by atoms with Gasteiger partial charge in [-0.3, -0.25) is 15.0 Å². The third-order valence-corrected chi connectivity index (χ3v) is 3.43. The summed E-state index contributed by atoms with van der Waals surface area (Å²) in [6.07, 6.45) is -2.55. The Morgan fingerprint density at radius 2 is 1.85 bits per heavy atom. The van der Waals surface area contributed by atoms with E-state index in [-0.39, 0.29) is 0 Å². The van der Waals surface area contributed by atoms with Gasteiger partial charge in [0.2, 0.25) is 5.91 Å². The molecule has 1 aliphatic heterocycles. The van der Waals surface area contributed by atoms with Gasteiger partial charge < -0.3 is 5.32 Å². The van der Waals surface area contributed by atoms with Gasteiger partial charge in [-0.15, -0.1) is 0 Å². The highest BCUT2D eigenvalue weighted by Gasteiger charge is 2.29. The molecule has 2 N–H and O–H groups in total. The van der Waals surface area contributed by atoms with E-state index in [1.165, 1.54) is 0 Å². The van der Waals surface area contributed by atoms with Crippen LogP contribution in [0.3, 0.4) is 0 Å². The molecule has 1 aliphatic rings. The molecule has 1 fully saturated rings. The maximum absolute atomic E-state index is 11.9. The molecule has 5 nitrogen and oxygen atoms in total. The minimum atomic E-state index is -4.49. The van der Waals surface area contributed by atoms with Crippen molar-refractivity contribution in [3.8, 4) is 0 Å². The van der Waals surface area contributed by atoms with E-state index in [1.54, 1.807) is 12.2 Å². The van der Waals surface area contributed by atoms with Crippen LogP contribution in [0.5, 0.6) is 0 Å². The number of amides is 3. The van der Waals surface area contributed by atoms with Crippen LogP contribution < -0.4 is 10.6 Å². The molecular formula is C12H20F3N3O2. The molecule has 0 aromatic heterocycles. The van der Waals surface area contributed by atoms with Crippen molar-refractivity contribution in [2.75, 3.05) is 19.6 Å². The number of hydrogen-bond acceptors (Lipinski definition) is 3. The number of nitrogens with one attached hydrogen (secondary N) is 2. The minimum absolute atomic E-state index is 0.529. The average Bonchev–Trinajstić information content (AvgIpc) is 2.35. The van der Waals surface area contributed by atoms with Gasteiger partial charge in [0.05, 0.1) is 6.04 Å². The molecule has 0 aliphatic carbocycles. The van der Waals surface area contributed by atoms with Crippen LogP contribution in [0.4, 0.5) is 18.0 Å². The van der Waals surface area contributed by atoms with E-state index >= 15 is 0 Å². The van der Waals surface area contributed by atoms with E-state index in [0.717, 1.165) is 25.9 Å². The van der Waals surface area contributed by atoms with Gasteiger partial charge in [-0.05, 0) is 38.8 Å². The van der Waals surface area contributed by atoms with Crippen LogP contribution in [-0.4, -0.2) is 48.7 Å². The van der Waals surface area contributed by atoms with E-state index in [0.29, 0.717) is 5.92 Å². The summed E-state index contributed by atoms with van der Waals surface area (Å²) >= 11 is 0. The van der Waals surface area contributed by atoms with Crippen molar-refractivity contribution in [3.05, 3.63) is 0 Å². The first kappa shape index (κ1) is 16.7. The van der Waals surface area contributed by atoms with Crippen LogP contribution in [0.15, 0.2) is 0 Å². The lowest BCUT2D eigenvalue weighted by atomic mass is 9.98. The fourth-order valence-electron chi connectivity index (χ4n) is 2.02. The molecule has 3 amide bonds. The third-order valence-electron chi connectivity index (χ3n) is 3.43. The fourth-order valence-corrected chi connectivity index (χ4v) is 2.02. The summed E-state index contributed by atoms with van der Waals surface area (Å²) in [6, 6.07) is -1.65. The van der Waals surface area contributed by atoms with E-state index < -0.39 is 30.7 Å². The average molecular weight is 295 g/mol. The van der Waals surface area contributed by atoms with Crippen molar-refractivity contribution in [2.24, 2.45) is 5.92 Å². The Bertz CT molecular complexity index is 352. The van der Waals surface area contributed by atoms with Gasteiger partial charge in [0.15, 0.2) is 0 Å². The summed E-state index contributed by atoms with van der Waals surface area (Å²) in [7, 11) is 0. The largest absolute Gasteiger partial charge is 0.405 e. The summed E-state index contributed by atoms with van der Waals surface area (Å²) in [4.78, 5) is 24.9. The number of hydrogen-bond donors (Lipinski definition) is 2. The van der Waals surface area contributed by atoms with Gasteiger partial charge in [-0.2, -0.15) is 13.2 Å². The maximum atomic E-state index is 11.9. The highest BCUT2D eigenvalue weighted by Crippen LogP contribution is 2.18. The lowest BCUT2D eigenvalue weighted by molar-refractivity contribution is -0.127. The molecule has 0 saturated carbocycles. The number of rotatable bonds is 3. The lowest BCUT2D eigenvalue weighted by Crippen LogP contribution is -2.52. The molecule has 0 aromatic rings. The van der Waals surface area contributed by atoms with Crippen molar-refractivity contribution in [2.45, 2.75) is 38.9 Å². The van der Waals surface area contributed by atoms with Gasteiger partial charge in [-0.25, -0.2) is 4.79 Å². The van der Waals surface area contributed by atoms with Gasteiger partial charge in [0.25, 0.3) is 0 Å². The normalized spacial score (nSPS) is 19.4. The van der Waals surface area contributed by atoms with E-state index in [1.807, 2.05) is 10.2 Å². The second kappa shape index (κ2) is 6.92. The molecule has 1 rings (SSSR count). The van der Waals surface area contributed by atoms with Gasteiger partial charge in [0.1, 0.15) is 6.54 Å². The highest BCUT2D eigenvalue weighted by molar-refractivity contribution is 5.96. The van der Waals surface area contributed by atoms with Crippen LogP contribution in [0.2, 0.25) is 0 Å². The standard InChI is InChI=1S/C12H20F3N3O2/c1-8-3-5-18(6-4-8)9(2)10(19)17-11(20)16-7-12(13,14)15/h8-9H,3-7H2,1-2H3,(H2,16,17,19,20). The van der Waals surface area contributed by atoms with Crippen LogP contribution >= 0.6 is 0 Å². The topological polar surface area (TPSA) is 61.4 Å². The third kappa shape index (κ3) is 5.77. The second-order valence-corrected chi connectivity index (χ2v) is 5.18. The molecule has 0 aromatic carbocycles. The molecule has 0 radical (unpaired) electrons. The summed E-state index contributed by atoms with van der Waals surface area (Å²) in [5.74, 6) is 0.0239. The lowest BCUT2D eigenvalue weighted by Gasteiger charge is -2.33. The van der Waals surface area contributed by atoms with Crippen molar-refractivity contribution < 1.29 is 22.8 Å². The Morgan fingerprint density at radius 3 is 2.35 bits per heavy atom. The van der Waals surface area contributed by atoms with Crippen molar-refractivity contribution in [3.63, 3.8) is 0 Å². The van der Waals surface area contributed by atoms with Crippen LogP contribution in [0, 0.1) is 5.92 Å². The van der Waals surface area contributed by atoms with Crippen LogP contribution in [0.1, 0.15) is 26.7 Å². The zero-order chi connectivity index (χ0) is 15.3. The second-order valence-electron chi connectivity index (χ2n) is 5.18. The Kier molecular flexibility index (Phi) is 5.79. The van der Waals surface area contributed by atoms with E-state index in [2.05, 4.69) is 6.92 Å². The van der Waals surface area contributed by atoms with Crippen LogP contribution in [0.25, 0.3) is 0 Å². The Hall–Kier alpha value is -1.31. The number of carbonyl (C=O) groups is 2. The highest BCUT2D eigenvalue weighted by atomic mass is 19.4. The van der Waals surface area contributed by atoms with Crippen molar-refractivity contribution >= 4 is 11.9 Å². The SMILES string of the molecule is CC1CCN(C(C)C(=O)NC(=O)NCC(F)(F)F)CC1. The minimum Gasteiger partial charge on any atom is -0.329 e. The number of nitrogens with zero attached hydrogens (tertiary/aromatic N) is 1. The Balaban J connectivity index is 2.36. The van der Waals surface area contributed by atoms with E-state index in [9.17, 15) is 22.8 Å². The number of halogens is 3. The number of carbonyl (C=O) groups excluding carboxylic acids is 2. The molecule has 0 spiro atoms. The molecule has 0 bridgehead atoms. The number of imide groups is 1. The zero-order valence-electron chi connectivity index (χ0n) is 11.6. The fraction of sp³-hybridized carbons (Fsp3) is 0.833. The molecule has 20 heavy (non-hydrogen) atoms. The quantitative estimate of drug-likeness (QED) is 0.829. The molecular weight excluding hydrogens is 275 g/mol.